The maximum atomic E-state index is 15.4. The Morgan fingerprint density at radius 1 is 1.21 bits per heavy atom. The summed E-state index contributed by atoms with van der Waals surface area (Å²) in [5.74, 6) is -2.02. The first-order valence-electron chi connectivity index (χ1n) is 10.7. The van der Waals surface area contributed by atoms with Crippen LogP contribution in [0, 0.1) is 18.6 Å². The van der Waals surface area contributed by atoms with Gasteiger partial charge in [-0.3, -0.25) is 9.78 Å². The van der Waals surface area contributed by atoms with Crippen LogP contribution < -0.4 is 5.32 Å². The molecule has 1 aromatic carbocycles. The summed E-state index contributed by atoms with van der Waals surface area (Å²) >= 11 is 0. The molecule has 1 saturated heterocycles. The smallest absolute Gasteiger partial charge is 0.272 e. The molecule has 1 N–H and O–H groups in total. The van der Waals surface area contributed by atoms with Gasteiger partial charge in [-0.05, 0) is 38.3 Å². The number of carbonyl (C=O) groups excluding carboxylic acids is 1. The lowest BCUT2D eigenvalue weighted by Crippen LogP contribution is -2.50. The van der Waals surface area contributed by atoms with E-state index in [2.05, 4.69) is 15.3 Å². The average molecular weight is 483 g/mol. The predicted octanol–water partition coefficient (Wildman–Crippen LogP) is 2.67. The highest BCUT2D eigenvalue weighted by atomic mass is 32.2. The van der Waals surface area contributed by atoms with E-state index in [0.29, 0.717) is 12.1 Å². The molecule has 11 heteroatoms. The number of nitrogens with one attached hydrogen (secondary N) is 1. The number of halogens is 2. The number of aromatic nitrogens is 2. The summed E-state index contributed by atoms with van der Waals surface area (Å²) in [6.45, 7) is 3.91. The summed E-state index contributed by atoms with van der Waals surface area (Å²) < 4.78 is 61.0. The number of benzene rings is 1. The maximum absolute atomic E-state index is 15.4. The number of hydrogen-bond donors (Lipinski definition) is 1. The van der Waals surface area contributed by atoms with Gasteiger partial charge >= 0.3 is 0 Å². The van der Waals surface area contributed by atoms with Crippen molar-refractivity contribution < 1.29 is 26.7 Å². The Bertz CT molecular complexity index is 1120. The number of hydrogen-bond acceptors (Lipinski definition) is 6. The Hall–Kier alpha value is -2.50. The van der Waals surface area contributed by atoms with E-state index < -0.39 is 33.1 Å². The molecule has 0 aliphatic carbocycles. The van der Waals surface area contributed by atoms with Gasteiger partial charge in [0, 0.05) is 43.6 Å². The average Bonchev–Trinajstić information content (AvgIpc) is 2.75. The Labute approximate surface area is 192 Å². The van der Waals surface area contributed by atoms with E-state index in [9.17, 15) is 13.2 Å². The minimum atomic E-state index is -3.59. The quantitative estimate of drug-likeness (QED) is 0.621. The maximum Gasteiger partial charge on any atom is 0.272 e. The molecule has 1 fully saturated rings. The fourth-order valence-electron chi connectivity index (χ4n) is 3.91. The van der Waals surface area contributed by atoms with Crippen molar-refractivity contribution in [3.63, 3.8) is 0 Å². The normalized spacial score (nSPS) is 16.1. The van der Waals surface area contributed by atoms with Crippen molar-refractivity contribution in [2.24, 2.45) is 0 Å². The summed E-state index contributed by atoms with van der Waals surface area (Å²) in [5.41, 5.74) is -0.672. The number of aryl methyl sites for hydroxylation is 1. The summed E-state index contributed by atoms with van der Waals surface area (Å²) in [7, 11) is -3.59. The molecular formula is C22H28F2N4O4S. The molecule has 1 aliphatic rings. The third-order valence-corrected chi connectivity index (χ3v) is 6.88. The van der Waals surface area contributed by atoms with Crippen LogP contribution in [0.3, 0.4) is 0 Å². The van der Waals surface area contributed by atoms with Gasteiger partial charge < -0.3 is 10.1 Å². The Balaban J connectivity index is 1.96. The standard InChI is InChI=1S/C22H28F2N4O4S/c1-4-7-28(33(3,30)31)14-16-10-19(24)17(11-18(16)23)22(5-8-32-9-6-22)27-21(29)20-13-25-12-15(2)26-20/h10-13H,4-9,14H2,1-3H3,(H,27,29). The highest BCUT2D eigenvalue weighted by molar-refractivity contribution is 7.88. The molecule has 1 aromatic heterocycles. The van der Waals surface area contributed by atoms with Crippen molar-refractivity contribution in [3.8, 4) is 0 Å². The molecule has 0 atom stereocenters. The van der Waals surface area contributed by atoms with Crippen LogP contribution in [0.5, 0.6) is 0 Å². The Kier molecular flexibility index (Phi) is 7.76. The van der Waals surface area contributed by atoms with E-state index in [-0.39, 0.29) is 56.0 Å². The lowest BCUT2D eigenvalue weighted by Gasteiger charge is -2.38. The number of rotatable bonds is 8. The summed E-state index contributed by atoms with van der Waals surface area (Å²) in [5, 5.41) is 2.83. The number of carbonyl (C=O) groups is 1. The van der Waals surface area contributed by atoms with Gasteiger partial charge in [0.05, 0.1) is 23.7 Å². The molecule has 1 aliphatic heterocycles. The number of amides is 1. The van der Waals surface area contributed by atoms with E-state index in [1.165, 1.54) is 12.4 Å². The summed E-state index contributed by atoms with van der Waals surface area (Å²) in [4.78, 5) is 21.0. The van der Waals surface area contributed by atoms with E-state index in [4.69, 9.17) is 4.74 Å². The predicted molar refractivity (Wildman–Crippen MR) is 118 cm³/mol. The van der Waals surface area contributed by atoms with E-state index >= 15 is 8.78 Å². The van der Waals surface area contributed by atoms with Gasteiger partial charge in [-0.15, -0.1) is 0 Å². The molecule has 180 valence electrons. The molecule has 0 spiro atoms. The highest BCUT2D eigenvalue weighted by Crippen LogP contribution is 2.35. The molecule has 2 heterocycles. The molecule has 8 nitrogen and oxygen atoms in total. The summed E-state index contributed by atoms with van der Waals surface area (Å²) in [6, 6.07) is 2.05. The molecular weight excluding hydrogens is 454 g/mol. The fourth-order valence-corrected chi connectivity index (χ4v) is 4.80. The molecule has 33 heavy (non-hydrogen) atoms. The van der Waals surface area contributed by atoms with Gasteiger partial charge in [-0.2, -0.15) is 4.31 Å². The fraction of sp³-hybridized carbons (Fsp3) is 0.500. The van der Waals surface area contributed by atoms with E-state index in [1.807, 2.05) is 0 Å². The Morgan fingerprint density at radius 2 is 1.91 bits per heavy atom. The van der Waals surface area contributed by atoms with Gasteiger partial charge in [-0.25, -0.2) is 22.2 Å². The SMILES string of the molecule is CCCN(Cc1cc(F)c(C2(NC(=O)c3cncc(C)n3)CCOCC2)cc1F)S(C)(=O)=O. The highest BCUT2D eigenvalue weighted by Gasteiger charge is 2.39. The van der Waals surface area contributed by atoms with Crippen molar-refractivity contribution in [3.05, 3.63) is 58.7 Å². The van der Waals surface area contributed by atoms with Gasteiger partial charge in [-0.1, -0.05) is 6.92 Å². The zero-order chi connectivity index (χ0) is 24.2. The van der Waals surface area contributed by atoms with Crippen molar-refractivity contribution >= 4 is 15.9 Å². The third-order valence-electron chi connectivity index (χ3n) is 5.63. The first kappa shape index (κ1) is 25.1. The van der Waals surface area contributed by atoms with Crippen LogP contribution in [0.1, 0.15) is 53.5 Å². The lowest BCUT2D eigenvalue weighted by molar-refractivity contribution is 0.0330. The Morgan fingerprint density at radius 3 is 2.52 bits per heavy atom. The van der Waals surface area contributed by atoms with Crippen molar-refractivity contribution in [2.75, 3.05) is 26.0 Å². The summed E-state index contributed by atoms with van der Waals surface area (Å²) in [6.07, 6.45) is 4.85. The van der Waals surface area contributed by atoms with Gasteiger partial charge in [0.25, 0.3) is 5.91 Å². The second-order valence-electron chi connectivity index (χ2n) is 8.21. The van der Waals surface area contributed by atoms with Gasteiger partial charge in [0.1, 0.15) is 17.3 Å². The number of ether oxygens (including phenoxy) is 1. The second-order valence-corrected chi connectivity index (χ2v) is 10.2. The van der Waals surface area contributed by atoms with Crippen LogP contribution in [-0.4, -0.2) is 54.6 Å². The van der Waals surface area contributed by atoms with Crippen LogP contribution in [0.15, 0.2) is 24.5 Å². The molecule has 0 bridgehead atoms. The molecule has 1 amide bonds. The van der Waals surface area contributed by atoms with Crippen LogP contribution in [-0.2, 0) is 26.8 Å². The molecule has 0 saturated carbocycles. The number of sulfonamides is 1. The second kappa shape index (κ2) is 10.2. The lowest BCUT2D eigenvalue weighted by atomic mass is 9.81. The first-order valence-corrected chi connectivity index (χ1v) is 12.5. The van der Waals surface area contributed by atoms with Crippen molar-refractivity contribution in [1.29, 1.82) is 0 Å². The largest absolute Gasteiger partial charge is 0.381 e. The van der Waals surface area contributed by atoms with Crippen LogP contribution in [0.2, 0.25) is 0 Å². The zero-order valence-electron chi connectivity index (χ0n) is 18.9. The van der Waals surface area contributed by atoms with Crippen LogP contribution >= 0.6 is 0 Å². The molecule has 2 aromatic rings. The van der Waals surface area contributed by atoms with Crippen molar-refractivity contribution in [2.45, 2.75) is 45.2 Å². The number of nitrogens with zero attached hydrogens (tertiary/aromatic N) is 3. The molecule has 0 radical (unpaired) electrons. The minimum absolute atomic E-state index is 0.0117. The van der Waals surface area contributed by atoms with Crippen LogP contribution in [0.25, 0.3) is 0 Å². The van der Waals surface area contributed by atoms with Crippen molar-refractivity contribution in [1.82, 2.24) is 19.6 Å². The van der Waals surface area contributed by atoms with Crippen LogP contribution in [0.4, 0.5) is 8.78 Å². The van der Waals surface area contributed by atoms with E-state index in [0.717, 1.165) is 22.7 Å². The minimum Gasteiger partial charge on any atom is -0.381 e. The monoisotopic (exact) mass is 482 g/mol. The molecule has 3 rings (SSSR count). The third kappa shape index (κ3) is 5.90. The van der Waals surface area contributed by atoms with Gasteiger partial charge in [0.2, 0.25) is 10.0 Å². The topological polar surface area (TPSA) is 101 Å². The van der Waals surface area contributed by atoms with Gasteiger partial charge in [0.15, 0.2) is 0 Å². The molecule has 0 unspecified atom stereocenters. The first-order chi connectivity index (χ1) is 15.6. The zero-order valence-corrected chi connectivity index (χ0v) is 19.7. The van der Waals surface area contributed by atoms with E-state index in [1.54, 1.807) is 13.8 Å².